The Morgan fingerprint density at radius 1 is 1.38 bits per heavy atom. The summed E-state index contributed by atoms with van der Waals surface area (Å²) in [6.45, 7) is 1.93. The molecular weight excluding hydrogens is 372 g/mol. The van der Waals surface area contributed by atoms with Gasteiger partial charge in [0, 0.05) is 21.9 Å². The molecule has 4 aromatic heterocycles. The summed E-state index contributed by atoms with van der Waals surface area (Å²) in [5, 5.41) is 11.0. The molecule has 0 atom stereocenters. The van der Waals surface area contributed by atoms with Crippen LogP contribution in [0.2, 0.25) is 0 Å². The van der Waals surface area contributed by atoms with Gasteiger partial charge in [-0.05, 0) is 18.4 Å². The molecule has 0 unspecified atom stereocenters. The maximum atomic E-state index is 12.8. The SMILES string of the molecule is Cc1cc(CNC(=O)Cn2cnc3scc(-c4cccs4)c3c2=O)no1. The van der Waals surface area contributed by atoms with E-state index in [1.165, 1.54) is 22.2 Å². The maximum Gasteiger partial charge on any atom is 0.263 e. The summed E-state index contributed by atoms with van der Waals surface area (Å²) in [7, 11) is 0. The Hall–Kier alpha value is -2.78. The van der Waals surface area contributed by atoms with Crippen molar-refractivity contribution in [2.45, 2.75) is 20.0 Å². The van der Waals surface area contributed by atoms with Gasteiger partial charge in [0.25, 0.3) is 5.56 Å². The molecule has 0 saturated carbocycles. The number of thiophene rings is 2. The molecule has 0 aliphatic heterocycles. The van der Waals surface area contributed by atoms with Crippen LogP contribution in [0.3, 0.4) is 0 Å². The lowest BCUT2D eigenvalue weighted by Crippen LogP contribution is -2.32. The Balaban J connectivity index is 1.57. The van der Waals surface area contributed by atoms with E-state index >= 15 is 0 Å². The molecule has 4 aromatic rings. The van der Waals surface area contributed by atoms with Crippen LogP contribution in [0.5, 0.6) is 0 Å². The van der Waals surface area contributed by atoms with Gasteiger partial charge in [-0.1, -0.05) is 11.2 Å². The lowest BCUT2D eigenvalue weighted by atomic mass is 10.2. The van der Waals surface area contributed by atoms with Crippen molar-refractivity contribution in [2.24, 2.45) is 0 Å². The summed E-state index contributed by atoms with van der Waals surface area (Å²) in [5.41, 5.74) is 1.28. The van der Waals surface area contributed by atoms with Gasteiger partial charge in [-0.2, -0.15) is 0 Å². The van der Waals surface area contributed by atoms with E-state index in [2.05, 4.69) is 15.5 Å². The van der Waals surface area contributed by atoms with E-state index in [0.29, 0.717) is 21.7 Å². The van der Waals surface area contributed by atoms with E-state index in [1.54, 1.807) is 24.3 Å². The zero-order valence-corrected chi connectivity index (χ0v) is 15.4. The molecule has 7 nitrogen and oxygen atoms in total. The minimum atomic E-state index is -0.290. The highest BCUT2D eigenvalue weighted by Crippen LogP contribution is 2.33. The van der Waals surface area contributed by atoms with Crippen molar-refractivity contribution in [2.75, 3.05) is 0 Å². The second kappa shape index (κ2) is 6.85. The minimum Gasteiger partial charge on any atom is -0.361 e. The van der Waals surface area contributed by atoms with Crippen LogP contribution in [0, 0.1) is 6.92 Å². The van der Waals surface area contributed by atoms with Crippen molar-refractivity contribution in [1.29, 1.82) is 0 Å². The Morgan fingerprint density at radius 2 is 2.27 bits per heavy atom. The van der Waals surface area contributed by atoms with E-state index in [-0.39, 0.29) is 24.6 Å². The average molecular weight is 386 g/mol. The molecule has 9 heteroatoms. The molecule has 26 heavy (non-hydrogen) atoms. The van der Waals surface area contributed by atoms with E-state index in [4.69, 9.17) is 4.52 Å². The maximum absolute atomic E-state index is 12.8. The standard InChI is InChI=1S/C17H14N4O3S2/c1-10-5-11(20-24-10)6-18-14(22)7-21-9-19-16-15(17(21)23)12(8-26-16)13-3-2-4-25-13/h2-5,8-9H,6-7H2,1H3,(H,18,22). The molecule has 0 fully saturated rings. The fourth-order valence-corrected chi connectivity index (χ4v) is 4.32. The number of rotatable bonds is 5. The lowest BCUT2D eigenvalue weighted by molar-refractivity contribution is -0.121. The number of hydrogen-bond donors (Lipinski definition) is 1. The number of nitrogens with zero attached hydrogens (tertiary/aromatic N) is 3. The number of hydrogen-bond acceptors (Lipinski definition) is 7. The molecule has 0 radical (unpaired) electrons. The molecule has 1 amide bonds. The summed E-state index contributed by atoms with van der Waals surface area (Å²) in [6.07, 6.45) is 1.42. The van der Waals surface area contributed by atoms with Crippen LogP contribution in [0.15, 0.2) is 44.6 Å². The number of aryl methyl sites for hydroxylation is 1. The van der Waals surface area contributed by atoms with E-state index in [1.807, 2.05) is 22.9 Å². The van der Waals surface area contributed by atoms with Crippen LogP contribution in [0.1, 0.15) is 11.5 Å². The van der Waals surface area contributed by atoms with Gasteiger partial charge in [0.2, 0.25) is 5.91 Å². The third kappa shape index (κ3) is 3.18. The monoisotopic (exact) mass is 386 g/mol. The largest absolute Gasteiger partial charge is 0.361 e. The molecule has 4 rings (SSSR count). The van der Waals surface area contributed by atoms with Crippen molar-refractivity contribution < 1.29 is 9.32 Å². The summed E-state index contributed by atoms with van der Waals surface area (Å²) < 4.78 is 6.29. The third-order valence-corrected chi connectivity index (χ3v) is 5.59. The average Bonchev–Trinajstić information content (AvgIpc) is 3.35. The van der Waals surface area contributed by atoms with Gasteiger partial charge < -0.3 is 9.84 Å². The van der Waals surface area contributed by atoms with Crippen molar-refractivity contribution in [3.05, 3.63) is 57.1 Å². The van der Waals surface area contributed by atoms with E-state index in [0.717, 1.165) is 10.4 Å². The highest BCUT2D eigenvalue weighted by Gasteiger charge is 2.15. The molecular formula is C17H14N4O3S2. The second-order valence-electron chi connectivity index (χ2n) is 5.69. The quantitative estimate of drug-likeness (QED) is 0.570. The number of nitrogens with one attached hydrogen (secondary N) is 1. The zero-order valence-electron chi connectivity index (χ0n) is 13.8. The van der Waals surface area contributed by atoms with Crippen LogP contribution < -0.4 is 10.9 Å². The number of fused-ring (bicyclic) bond motifs is 1. The van der Waals surface area contributed by atoms with Gasteiger partial charge in [-0.25, -0.2) is 4.98 Å². The Kier molecular flexibility index (Phi) is 4.39. The van der Waals surface area contributed by atoms with Crippen molar-refractivity contribution in [3.63, 3.8) is 0 Å². The van der Waals surface area contributed by atoms with E-state index < -0.39 is 0 Å². The number of aromatic nitrogens is 3. The van der Waals surface area contributed by atoms with Gasteiger partial charge in [0.05, 0.1) is 18.3 Å². The molecule has 0 bridgehead atoms. The highest BCUT2D eigenvalue weighted by molar-refractivity contribution is 7.18. The Labute approximate surface area is 155 Å². The van der Waals surface area contributed by atoms with Crippen molar-refractivity contribution in [1.82, 2.24) is 20.0 Å². The fraction of sp³-hybridized carbons (Fsp3) is 0.176. The number of carbonyl (C=O) groups excluding carboxylic acids is 1. The molecule has 0 saturated heterocycles. The summed E-state index contributed by atoms with van der Waals surface area (Å²) >= 11 is 2.99. The van der Waals surface area contributed by atoms with Crippen LogP contribution in [-0.2, 0) is 17.9 Å². The molecule has 0 spiro atoms. The van der Waals surface area contributed by atoms with Gasteiger partial charge in [-0.15, -0.1) is 22.7 Å². The highest BCUT2D eigenvalue weighted by atomic mass is 32.1. The zero-order chi connectivity index (χ0) is 18.1. The smallest absolute Gasteiger partial charge is 0.263 e. The normalized spacial score (nSPS) is 11.1. The molecule has 4 heterocycles. The topological polar surface area (TPSA) is 90.0 Å². The molecule has 0 aliphatic carbocycles. The van der Waals surface area contributed by atoms with Crippen LogP contribution in [-0.4, -0.2) is 20.6 Å². The van der Waals surface area contributed by atoms with Gasteiger partial charge in [-0.3, -0.25) is 14.2 Å². The first-order valence-electron chi connectivity index (χ1n) is 7.81. The molecule has 0 aliphatic rings. The minimum absolute atomic E-state index is 0.0989. The Bertz CT molecular complexity index is 1120. The van der Waals surface area contributed by atoms with Crippen LogP contribution in [0.4, 0.5) is 0 Å². The summed E-state index contributed by atoms with van der Waals surface area (Å²) in [6, 6.07) is 5.66. The molecule has 0 aromatic carbocycles. The number of carbonyl (C=O) groups is 1. The molecule has 1 N–H and O–H groups in total. The lowest BCUT2D eigenvalue weighted by Gasteiger charge is -2.06. The number of amides is 1. The fourth-order valence-electron chi connectivity index (χ4n) is 2.59. The Morgan fingerprint density at radius 3 is 3.00 bits per heavy atom. The second-order valence-corrected chi connectivity index (χ2v) is 7.50. The third-order valence-electron chi connectivity index (χ3n) is 3.80. The first-order chi connectivity index (χ1) is 12.6. The van der Waals surface area contributed by atoms with Crippen LogP contribution >= 0.6 is 22.7 Å². The van der Waals surface area contributed by atoms with Gasteiger partial charge in [0.15, 0.2) is 0 Å². The van der Waals surface area contributed by atoms with Gasteiger partial charge in [0.1, 0.15) is 22.8 Å². The summed E-state index contributed by atoms with van der Waals surface area (Å²) in [4.78, 5) is 31.0. The van der Waals surface area contributed by atoms with Gasteiger partial charge >= 0.3 is 0 Å². The predicted molar refractivity (Wildman–Crippen MR) is 100 cm³/mol. The van der Waals surface area contributed by atoms with E-state index in [9.17, 15) is 9.59 Å². The first kappa shape index (κ1) is 16.7. The first-order valence-corrected chi connectivity index (χ1v) is 9.57. The van der Waals surface area contributed by atoms with Crippen molar-refractivity contribution >= 4 is 38.8 Å². The molecule has 132 valence electrons. The van der Waals surface area contributed by atoms with Crippen LogP contribution in [0.25, 0.3) is 20.7 Å². The van der Waals surface area contributed by atoms with Crippen molar-refractivity contribution in [3.8, 4) is 10.4 Å². The predicted octanol–water partition coefficient (Wildman–Crippen LogP) is 2.80. The summed E-state index contributed by atoms with van der Waals surface area (Å²) in [5.74, 6) is 0.389.